The van der Waals surface area contributed by atoms with Crippen molar-refractivity contribution >= 4 is 53.0 Å². The summed E-state index contributed by atoms with van der Waals surface area (Å²) >= 11 is 2.16. The Balaban J connectivity index is 1.18. The summed E-state index contributed by atoms with van der Waals surface area (Å²) in [6.45, 7) is 11.8. The van der Waals surface area contributed by atoms with Gasteiger partial charge in [0.2, 0.25) is 0 Å². The molecule has 0 N–H and O–H groups in total. The van der Waals surface area contributed by atoms with Gasteiger partial charge in [0, 0.05) is 112 Å². The number of carbonyl (C=O) groups is 1. The maximum absolute atomic E-state index is 16.0. The van der Waals surface area contributed by atoms with Crippen LogP contribution in [-0.2, 0) is 11.8 Å². The van der Waals surface area contributed by atoms with Crippen molar-refractivity contribution in [2.24, 2.45) is 7.05 Å². The van der Waals surface area contributed by atoms with E-state index in [0.717, 1.165) is 35.2 Å². The standard InChI is InChI=1S/C33H37FIN5O4S/c1-21-9-10-27(24(17-21)25-20-36(5)31(41)30-23(25)11-12-40(30)45-35)43-28-8-6-7-26(29(28)34)39-18-22(19-39)37-13-15-38(16-14-37)32(42)44-33(2,3)4/h6-12,17,20,22H,13-16,18-19H2,1-5H3. The van der Waals surface area contributed by atoms with Crippen molar-refractivity contribution in [3.63, 3.8) is 0 Å². The topological polar surface area (TPSA) is 72.2 Å². The molecule has 2 aliphatic rings. The molecule has 2 aliphatic heterocycles. The lowest BCUT2D eigenvalue weighted by Crippen LogP contribution is -2.63. The molecule has 2 aromatic carbocycles. The highest BCUT2D eigenvalue weighted by Gasteiger charge is 2.36. The molecule has 12 heteroatoms. The number of piperazine rings is 1. The Morgan fingerprint density at radius 2 is 1.76 bits per heavy atom. The number of aromatic nitrogens is 2. The number of hydrogen-bond acceptors (Lipinski definition) is 7. The lowest BCUT2D eigenvalue weighted by atomic mass is 10.0. The van der Waals surface area contributed by atoms with Crippen molar-refractivity contribution in [2.45, 2.75) is 39.3 Å². The van der Waals surface area contributed by atoms with E-state index in [4.69, 9.17) is 9.47 Å². The number of nitrogens with zero attached hydrogens (tertiary/aromatic N) is 5. The molecule has 0 bridgehead atoms. The minimum atomic E-state index is -0.514. The first-order valence-electron chi connectivity index (χ1n) is 15.0. The van der Waals surface area contributed by atoms with Gasteiger partial charge in [-0.3, -0.25) is 13.7 Å². The number of ether oxygens (including phenoxy) is 2. The molecule has 2 fully saturated rings. The van der Waals surface area contributed by atoms with Gasteiger partial charge in [0.15, 0.2) is 11.6 Å². The molecule has 9 nitrogen and oxygen atoms in total. The van der Waals surface area contributed by atoms with E-state index in [0.29, 0.717) is 49.2 Å². The fourth-order valence-corrected chi connectivity index (χ4v) is 7.30. The van der Waals surface area contributed by atoms with E-state index in [9.17, 15) is 9.59 Å². The van der Waals surface area contributed by atoms with Crippen LogP contribution in [0.4, 0.5) is 14.9 Å². The summed E-state index contributed by atoms with van der Waals surface area (Å²) in [5, 5.41) is 0.811. The lowest BCUT2D eigenvalue weighted by molar-refractivity contribution is 0.00873. The van der Waals surface area contributed by atoms with Crippen molar-refractivity contribution in [3.8, 4) is 22.6 Å². The van der Waals surface area contributed by atoms with E-state index in [1.165, 1.54) is 9.12 Å². The summed E-state index contributed by atoms with van der Waals surface area (Å²) in [7, 11) is 3.17. The first kappa shape index (κ1) is 31.7. The molecule has 6 rings (SSSR count). The molecule has 4 heterocycles. The van der Waals surface area contributed by atoms with E-state index in [2.05, 4.69) is 26.1 Å². The minimum Gasteiger partial charge on any atom is -0.454 e. The molecule has 2 aromatic heterocycles. The Bertz CT molecular complexity index is 1810. The average Bonchev–Trinajstić information content (AvgIpc) is 3.41. The van der Waals surface area contributed by atoms with Gasteiger partial charge in [-0.15, -0.1) is 0 Å². The van der Waals surface area contributed by atoms with E-state index < -0.39 is 11.4 Å². The fourth-order valence-electron chi connectivity index (χ4n) is 5.97. The van der Waals surface area contributed by atoms with Crippen LogP contribution in [0.5, 0.6) is 11.5 Å². The van der Waals surface area contributed by atoms with Gasteiger partial charge in [0.1, 0.15) is 16.9 Å². The number of anilines is 1. The van der Waals surface area contributed by atoms with Crippen LogP contribution in [0.15, 0.2) is 59.7 Å². The van der Waals surface area contributed by atoms with E-state index in [1.54, 1.807) is 28.6 Å². The van der Waals surface area contributed by atoms with Crippen molar-refractivity contribution in [1.29, 1.82) is 0 Å². The maximum Gasteiger partial charge on any atom is 0.410 e. The third-order valence-corrected chi connectivity index (χ3v) is 10.1. The minimum absolute atomic E-state index is 0.0884. The number of fused-ring (bicyclic) bond motifs is 1. The highest BCUT2D eigenvalue weighted by atomic mass is 127. The zero-order valence-electron chi connectivity index (χ0n) is 26.0. The van der Waals surface area contributed by atoms with Crippen LogP contribution < -0.4 is 15.2 Å². The number of halogens is 2. The number of amides is 1. The van der Waals surface area contributed by atoms with Gasteiger partial charge in [-0.25, -0.2) is 9.18 Å². The maximum atomic E-state index is 16.0. The predicted molar refractivity (Wildman–Crippen MR) is 186 cm³/mol. The van der Waals surface area contributed by atoms with Gasteiger partial charge >= 0.3 is 6.09 Å². The van der Waals surface area contributed by atoms with E-state index in [1.807, 2.05) is 79.3 Å². The van der Waals surface area contributed by atoms with Crippen LogP contribution in [-0.4, -0.2) is 75.3 Å². The molecule has 1 amide bonds. The summed E-state index contributed by atoms with van der Waals surface area (Å²) in [4.78, 5) is 31.6. The normalized spacial score (nSPS) is 16.2. The number of hydrogen-bond donors (Lipinski definition) is 0. The van der Waals surface area contributed by atoms with Crippen LogP contribution in [0, 0.1) is 12.7 Å². The largest absolute Gasteiger partial charge is 0.454 e. The summed E-state index contributed by atoms with van der Waals surface area (Å²) in [6, 6.07) is 13.3. The van der Waals surface area contributed by atoms with Crippen molar-refractivity contribution in [3.05, 3.63) is 76.6 Å². The zero-order valence-corrected chi connectivity index (χ0v) is 29.0. The third-order valence-electron chi connectivity index (χ3n) is 8.34. The molecule has 0 spiro atoms. The molecule has 0 saturated carbocycles. The zero-order chi connectivity index (χ0) is 32.0. The second-order valence-corrected chi connectivity index (χ2v) is 14.4. The molecular weight excluding hydrogens is 708 g/mol. The quantitative estimate of drug-likeness (QED) is 0.201. The third kappa shape index (κ3) is 6.41. The van der Waals surface area contributed by atoms with Crippen LogP contribution in [0.2, 0.25) is 0 Å². The first-order chi connectivity index (χ1) is 21.4. The Morgan fingerprint density at radius 1 is 1.02 bits per heavy atom. The summed E-state index contributed by atoms with van der Waals surface area (Å²) in [5.41, 5.74) is 3.14. The second kappa shape index (κ2) is 12.5. The molecule has 0 unspecified atom stereocenters. The Morgan fingerprint density at radius 3 is 2.44 bits per heavy atom. The second-order valence-electron chi connectivity index (χ2n) is 12.7. The van der Waals surface area contributed by atoms with Crippen LogP contribution in [0.25, 0.3) is 22.0 Å². The number of aryl methyl sites for hydroxylation is 2. The number of benzene rings is 2. The lowest BCUT2D eigenvalue weighted by Gasteiger charge is -2.49. The molecule has 0 atom stereocenters. The molecule has 45 heavy (non-hydrogen) atoms. The van der Waals surface area contributed by atoms with Gasteiger partial charge in [-0.2, -0.15) is 0 Å². The summed E-state index contributed by atoms with van der Waals surface area (Å²) in [5.74, 6) is 0.250. The average molecular weight is 746 g/mol. The van der Waals surface area contributed by atoms with Crippen molar-refractivity contribution in [1.82, 2.24) is 18.3 Å². The van der Waals surface area contributed by atoms with E-state index >= 15 is 4.39 Å². The van der Waals surface area contributed by atoms with Gasteiger partial charge < -0.3 is 23.8 Å². The van der Waals surface area contributed by atoms with Crippen molar-refractivity contribution in [2.75, 3.05) is 44.2 Å². The molecule has 2 saturated heterocycles. The molecule has 0 radical (unpaired) electrons. The highest BCUT2D eigenvalue weighted by molar-refractivity contribution is 14.2. The smallest absolute Gasteiger partial charge is 0.410 e. The Hall–Kier alpha value is -3.23. The number of rotatable bonds is 6. The molecule has 0 aliphatic carbocycles. The Kier molecular flexibility index (Phi) is 8.83. The van der Waals surface area contributed by atoms with Crippen molar-refractivity contribution < 1.29 is 18.7 Å². The van der Waals surface area contributed by atoms with Crippen LogP contribution in [0.3, 0.4) is 0 Å². The SMILES string of the molecule is Cc1ccc(Oc2cccc(N3CC(N4CCN(C(=O)OC(C)(C)C)CC4)C3)c2F)c(-c2cn(C)c(=O)c3c2ccn3SI)c1. The van der Waals surface area contributed by atoms with E-state index in [-0.39, 0.29) is 17.4 Å². The molecular formula is C33H37FIN5O4S. The fraction of sp³-hybridized carbons (Fsp3) is 0.394. The predicted octanol–water partition coefficient (Wildman–Crippen LogP) is 6.83. The monoisotopic (exact) mass is 745 g/mol. The summed E-state index contributed by atoms with van der Waals surface area (Å²) in [6.07, 6.45) is 3.43. The molecule has 238 valence electrons. The molecule has 4 aromatic rings. The number of carbonyl (C=O) groups excluding carboxylic acids is 1. The Labute approximate surface area is 278 Å². The summed E-state index contributed by atoms with van der Waals surface area (Å²) < 4.78 is 31.3. The first-order valence-corrected chi connectivity index (χ1v) is 18.3. The van der Waals surface area contributed by atoms with Gasteiger partial charge in [-0.1, -0.05) is 17.7 Å². The highest BCUT2D eigenvalue weighted by Crippen LogP contribution is 2.40. The van der Waals surface area contributed by atoms with Gasteiger partial charge in [0.05, 0.1) is 5.69 Å². The van der Waals surface area contributed by atoms with Gasteiger partial charge in [0.25, 0.3) is 5.56 Å². The van der Waals surface area contributed by atoms with Crippen LogP contribution in [0.1, 0.15) is 26.3 Å². The van der Waals surface area contributed by atoms with Gasteiger partial charge in [-0.05, 0) is 58.0 Å². The number of pyridine rings is 1. The van der Waals surface area contributed by atoms with Crippen LogP contribution >= 0.6 is 30.3 Å².